The van der Waals surface area contributed by atoms with E-state index in [-0.39, 0.29) is 11.8 Å². The molecule has 2 saturated heterocycles. The molecule has 3 fully saturated rings. The molecule has 6 heteroatoms. The molecule has 1 aromatic rings. The van der Waals surface area contributed by atoms with Crippen LogP contribution < -0.4 is 16.0 Å². The Bertz CT molecular complexity index is 714. The Morgan fingerprint density at radius 3 is 2.79 bits per heavy atom. The number of ether oxygens (including phenoxy) is 1. The van der Waals surface area contributed by atoms with Crippen molar-refractivity contribution < 1.29 is 9.53 Å². The van der Waals surface area contributed by atoms with Gasteiger partial charge in [0.25, 0.3) is 0 Å². The summed E-state index contributed by atoms with van der Waals surface area (Å²) in [5.41, 5.74) is 1.95. The monoisotopic (exact) mass is 384 g/mol. The van der Waals surface area contributed by atoms with E-state index in [1.54, 1.807) is 0 Å². The van der Waals surface area contributed by atoms with Crippen LogP contribution in [0.25, 0.3) is 0 Å². The Hall–Kier alpha value is -2.08. The van der Waals surface area contributed by atoms with E-state index in [1.807, 2.05) is 18.2 Å². The van der Waals surface area contributed by atoms with Crippen LogP contribution in [0.5, 0.6) is 0 Å². The molecule has 28 heavy (non-hydrogen) atoms. The van der Waals surface area contributed by atoms with Crippen LogP contribution in [0.2, 0.25) is 0 Å². The minimum absolute atomic E-state index is 0.157. The maximum atomic E-state index is 12.4. The average Bonchev–Trinajstić information content (AvgIpc) is 3.44. The SMILES string of the molecule is CCNC(=NCc1cccc(NC(=O)C2CCCC2)c1)NC1CC2CCC1O2. The van der Waals surface area contributed by atoms with E-state index in [4.69, 9.17) is 9.73 Å². The molecule has 3 aliphatic rings. The van der Waals surface area contributed by atoms with Crippen molar-refractivity contribution >= 4 is 17.6 Å². The highest BCUT2D eigenvalue weighted by Gasteiger charge is 2.41. The first-order valence-corrected chi connectivity index (χ1v) is 10.8. The molecule has 3 N–H and O–H groups in total. The Morgan fingerprint density at radius 1 is 1.21 bits per heavy atom. The van der Waals surface area contributed by atoms with Gasteiger partial charge in [-0.15, -0.1) is 0 Å². The molecule has 3 atom stereocenters. The van der Waals surface area contributed by atoms with Crippen molar-refractivity contribution in [1.82, 2.24) is 10.6 Å². The summed E-state index contributed by atoms with van der Waals surface area (Å²) in [6.07, 6.45) is 8.51. The number of rotatable bonds is 6. The zero-order valence-corrected chi connectivity index (χ0v) is 16.7. The number of hydrogen-bond acceptors (Lipinski definition) is 3. The van der Waals surface area contributed by atoms with Gasteiger partial charge in [-0.3, -0.25) is 4.79 Å². The first-order chi connectivity index (χ1) is 13.7. The maximum absolute atomic E-state index is 12.4. The van der Waals surface area contributed by atoms with Crippen LogP contribution in [0.3, 0.4) is 0 Å². The quantitative estimate of drug-likeness (QED) is 0.520. The summed E-state index contributed by atoms with van der Waals surface area (Å²) < 4.78 is 5.94. The highest BCUT2D eigenvalue weighted by Crippen LogP contribution is 2.34. The molecule has 0 aromatic heterocycles. The number of aliphatic imine (C=N–C) groups is 1. The molecule has 2 bridgehead atoms. The minimum atomic E-state index is 0.157. The molecule has 152 valence electrons. The summed E-state index contributed by atoms with van der Waals surface area (Å²) in [4.78, 5) is 17.1. The topological polar surface area (TPSA) is 74.8 Å². The summed E-state index contributed by atoms with van der Waals surface area (Å²) in [5.74, 6) is 1.17. The number of benzene rings is 1. The second kappa shape index (κ2) is 8.95. The zero-order chi connectivity index (χ0) is 19.3. The molecule has 1 aliphatic carbocycles. The van der Waals surface area contributed by atoms with Gasteiger partial charge >= 0.3 is 0 Å². The fourth-order valence-corrected chi connectivity index (χ4v) is 4.64. The molecule has 0 radical (unpaired) electrons. The van der Waals surface area contributed by atoms with E-state index < -0.39 is 0 Å². The van der Waals surface area contributed by atoms with E-state index in [0.29, 0.717) is 24.8 Å². The lowest BCUT2D eigenvalue weighted by molar-refractivity contribution is -0.119. The number of amides is 1. The predicted octanol–water partition coefficient (Wildman–Crippen LogP) is 3.19. The molecule has 1 amide bonds. The van der Waals surface area contributed by atoms with E-state index in [0.717, 1.165) is 49.4 Å². The lowest BCUT2D eigenvalue weighted by Crippen LogP contribution is -2.47. The first kappa shape index (κ1) is 19.2. The molecule has 2 heterocycles. The van der Waals surface area contributed by atoms with Gasteiger partial charge in [-0.25, -0.2) is 4.99 Å². The molecule has 4 rings (SSSR count). The highest BCUT2D eigenvalue weighted by molar-refractivity contribution is 5.92. The Kier molecular flexibility index (Phi) is 6.15. The smallest absolute Gasteiger partial charge is 0.227 e. The predicted molar refractivity (Wildman–Crippen MR) is 111 cm³/mol. The van der Waals surface area contributed by atoms with Crippen molar-refractivity contribution in [3.63, 3.8) is 0 Å². The largest absolute Gasteiger partial charge is 0.373 e. The number of carbonyl (C=O) groups is 1. The van der Waals surface area contributed by atoms with Crippen molar-refractivity contribution in [2.24, 2.45) is 10.9 Å². The van der Waals surface area contributed by atoms with Gasteiger partial charge in [0.15, 0.2) is 5.96 Å². The van der Waals surface area contributed by atoms with Crippen LogP contribution in [0.4, 0.5) is 5.69 Å². The number of nitrogens with one attached hydrogen (secondary N) is 3. The Labute approximate surface area is 167 Å². The lowest BCUT2D eigenvalue weighted by atomic mass is 9.96. The molecule has 2 aliphatic heterocycles. The van der Waals surface area contributed by atoms with Crippen LogP contribution in [-0.4, -0.2) is 36.7 Å². The third-order valence-electron chi connectivity index (χ3n) is 6.11. The maximum Gasteiger partial charge on any atom is 0.227 e. The van der Waals surface area contributed by atoms with Gasteiger partial charge in [0, 0.05) is 18.2 Å². The van der Waals surface area contributed by atoms with Crippen LogP contribution in [0.15, 0.2) is 29.3 Å². The number of nitrogens with zero attached hydrogens (tertiary/aromatic N) is 1. The average molecular weight is 385 g/mol. The molecule has 1 saturated carbocycles. The van der Waals surface area contributed by atoms with Crippen molar-refractivity contribution in [1.29, 1.82) is 0 Å². The number of guanidine groups is 1. The molecule has 1 aromatic carbocycles. The van der Waals surface area contributed by atoms with Gasteiger partial charge in [0.1, 0.15) is 0 Å². The van der Waals surface area contributed by atoms with Crippen molar-refractivity contribution in [3.05, 3.63) is 29.8 Å². The summed E-state index contributed by atoms with van der Waals surface area (Å²) in [5, 5.41) is 9.96. The van der Waals surface area contributed by atoms with Gasteiger partial charge in [0.05, 0.1) is 24.8 Å². The van der Waals surface area contributed by atoms with Crippen molar-refractivity contribution in [2.45, 2.75) is 76.7 Å². The van der Waals surface area contributed by atoms with E-state index in [1.165, 1.54) is 19.3 Å². The second-order valence-corrected chi connectivity index (χ2v) is 8.23. The van der Waals surface area contributed by atoms with Crippen molar-refractivity contribution in [3.8, 4) is 0 Å². The highest BCUT2D eigenvalue weighted by atomic mass is 16.5. The fourth-order valence-electron chi connectivity index (χ4n) is 4.64. The number of hydrogen-bond donors (Lipinski definition) is 3. The Balaban J connectivity index is 1.35. The van der Waals surface area contributed by atoms with Crippen LogP contribution >= 0.6 is 0 Å². The van der Waals surface area contributed by atoms with E-state index >= 15 is 0 Å². The zero-order valence-electron chi connectivity index (χ0n) is 16.7. The van der Waals surface area contributed by atoms with Gasteiger partial charge < -0.3 is 20.7 Å². The van der Waals surface area contributed by atoms with Crippen LogP contribution in [-0.2, 0) is 16.1 Å². The lowest BCUT2D eigenvalue weighted by Gasteiger charge is -2.22. The van der Waals surface area contributed by atoms with E-state index in [2.05, 4.69) is 28.9 Å². The molecular formula is C22H32N4O2. The van der Waals surface area contributed by atoms with Gasteiger partial charge in [-0.2, -0.15) is 0 Å². The van der Waals surface area contributed by atoms with E-state index in [9.17, 15) is 4.79 Å². The third-order valence-corrected chi connectivity index (χ3v) is 6.11. The summed E-state index contributed by atoms with van der Waals surface area (Å²) in [6.45, 7) is 3.48. The van der Waals surface area contributed by atoms with Crippen LogP contribution in [0.1, 0.15) is 57.4 Å². The second-order valence-electron chi connectivity index (χ2n) is 8.23. The third kappa shape index (κ3) is 4.66. The van der Waals surface area contributed by atoms with Gasteiger partial charge in [0.2, 0.25) is 5.91 Å². The standard InChI is InChI=1S/C22H32N4O2/c1-2-23-22(26-19-13-18-10-11-20(19)28-18)24-14-15-6-5-9-17(12-15)25-21(27)16-7-3-4-8-16/h5-6,9,12,16,18-20H,2-4,7-8,10-11,13-14H2,1H3,(H,25,27)(H2,23,24,26). The van der Waals surface area contributed by atoms with Crippen molar-refractivity contribution in [2.75, 3.05) is 11.9 Å². The Morgan fingerprint density at radius 2 is 2.07 bits per heavy atom. The number of carbonyl (C=O) groups excluding carboxylic acids is 1. The number of anilines is 1. The van der Waals surface area contributed by atoms with Gasteiger partial charge in [-0.1, -0.05) is 25.0 Å². The van der Waals surface area contributed by atoms with Crippen LogP contribution in [0, 0.1) is 5.92 Å². The fraction of sp³-hybridized carbons (Fsp3) is 0.636. The molecular weight excluding hydrogens is 352 g/mol. The number of fused-ring (bicyclic) bond motifs is 2. The summed E-state index contributed by atoms with van der Waals surface area (Å²) in [6, 6.07) is 8.38. The minimum Gasteiger partial charge on any atom is -0.373 e. The molecule has 6 nitrogen and oxygen atoms in total. The summed E-state index contributed by atoms with van der Waals surface area (Å²) in [7, 11) is 0. The summed E-state index contributed by atoms with van der Waals surface area (Å²) >= 11 is 0. The van der Waals surface area contributed by atoms with Gasteiger partial charge in [-0.05, 0) is 56.7 Å². The molecule has 0 spiro atoms. The normalized spacial score (nSPS) is 27.2. The molecule has 3 unspecified atom stereocenters. The first-order valence-electron chi connectivity index (χ1n) is 10.8.